The first-order chi connectivity index (χ1) is 14.3. The molecular weight excluding hydrogens is 427 g/mol. The SMILES string of the molecule is Cc1cc(N2C(=O)c3oc4cc(C)c(Cl)cc4c(=O)c3C2c2ccc(Cl)cc2)no1. The van der Waals surface area contributed by atoms with Crippen molar-refractivity contribution in [1.82, 2.24) is 5.16 Å². The van der Waals surface area contributed by atoms with E-state index < -0.39 is 11.9 Å². The molecule has 1 aliphatic rings. The second-order valence-corrected chi connectivity index (χ2v) is 8.04. The molecule has 150 valence electrons. The van der Waals surface area contributed by atoms with Crippen LogP contribution in [0.3, 0.4) is 0 Å². The van der Waals surface area contributed by atoms with Crippen LogP contribution in [0.5, 0.6) is 0 Å². The van der Waals surface area contributed by atoms with Crippen molar-refractivity contribution >= 4 is 45.9 Å². The third kappa shape index (κ3) is 2.75. The molecule has 0 fully saturated rings. The number of anilines is 1. The molecule has 1 unspecified atom stereocenters. The average molecular weight is 441 g/mol. The van der Waals surface area contributed by atoms with E-state index in [1.807, 2.05) is 0 Å². The molecule has 0 saturated carbocycles. The maximum Gasteiger partial charge on any atom is 0.296 e. The average Bonchev–Trinajstić information content (AvgIpc) is 3.26. The Morgan fingerprint density at radius 3 is 2.43 bits per heavy atom. The van der Waals surface area contributed by atoms with E-state index in [-0.39, 0.29) is 16.8 Å². The van der Waals surface area contributed by atoms with Crippen LogP contribution in [-0.2, 0) is 0 Å². The summed E-state index contributed by atoms with van der Waals surface area (Å²) in [5, 5.41) is 5.30. The Labute approximate surface area is 180 Å². The Morgan fingerprint density at radius 2 is 1.77 bits per heavy atom. The van der Waals surface area contributed by atoms with Gasteiger partial charge in [-0.1, -0.05) is 40.5 Å². The minimum Gasteiger partial charge on any atom is -0.450 e. The van der Waals surface area contributed by atoms with Gasteiger partial charge in [0.15, 0.2) is 11.2 Å². The molecule has 0 N–H and O–H groups in total. The van der Waals surface area contributed by atoms with Gasteiger partial charge in [0.05, 0.1) is 17.0 Å². The molecule has 5 rings (SSSR count). The van der Waals surface area contributed by atoms with Crippen LogP contribution in [0.2, 0.25) is 10.0 Å². The summed E-state index contributed by atoms with van der Waals surface area (Å²) in [6.07, 6.45) is 0. The van der Waals surface area contributed by atoms with E-state index in [4.69, 9.17) is 32.1 Å². The Hall–Kier alpha value is -3.09. The summed E-state index contributed by atoms with van der Waals surface area (Å²) in [4.78, 5) is 28.3. The van der Waals surface area contributed by atoms with Gasteiger partial charge in [-0.2, -0.15) is 0 Å². The molecule has 8 heteroatoms. The van der Waals surface area contributed by atoms with Gasteiger partial charge >= 0.3 is 0 Å². The number of benzene rings is 2. The number of aromatic nitrogens is 1. The highest BCUT2D eigenvalue weighted by molar-refractivity contribution is 6.32. The molecule has 1 amide bonds. The van der Waals surface area contributed by atoms with Crippen molar-refractivity contribution in [2.45, 2.75) is 19.9 Å². The molecule has 0 bridgehead atoms. The summed E-state index contributed by atoms with van der Waals surface area (Å²) in [5.41, 5.74) is 1.66. The smallest absolute Gasteiger partial charge is 0.296 e. The van der Waals surface area contributed by atoms with Crippen molar-refractivity contribution in [1.29, 1.82) is 0 Å². The zero-order chi connectivity index (χ0) is 21.2. The predicted octanol–water partition coefficient (Wildman–Crippen LogP) is 5.45. The van der Waals surface area contributed by atoms with Crippen LogP contribution >= 0.6 is 23.2 Å². The number of amides is 1. The van der Waals surface area contributed by atoms with Crippen LogP contribution in [0.15, 0.2) is 56.2 Å². The van der Waals surface area contributed by atoms with Gasteiger partial charge < -0.3 is 8.94 Å². The van der Waals surface area contributed by atoms with Gasteiger partial charge in [-0.15, -0.1) is 0 Å². The Morgan fingerprint density at radius 1 is 1.03 bits per heavy atom. The number of hydrogen-bond acceptors (Lipinski definition) is 5. The minimum absolute atomic E-state index is 0.0187. The lowest BCUT2D eigenvalue weighted by atomic mass is 9.98. The van der Waals surface area contributed by atoms with Crippen LogP contribution in [-0.4, -0.2) is 11.1 Å². The second-order valence-electron chi connectivity index (χ2n) is 7.20. The molecule has 6 nitrogen and oxygen atoms in total. The first kappa shape index (κ1) is 18.9. The highest BCUT2D eigenvalue weighted by Gasteiger charge is 2.44. The van der Waals surface area contributed by atoms with Crippen molar-refractivity contribution in [3.63, 3.8) is 0 Å². The van der Waals surface area contributed by atoms with Crippen LogP contribution in [0.1, 0.15) is 39.0 Å². The molecule has 4 aromatic rings. The second kappa shape index (κ2) is 6.72. The molecule has 30 heavy (non-hydrogen) atoms. The van der Waals surface area contributed by atoms with Crippen LogP contribution < -0.4 is 10.3 Å². The number of halogens is 2. The summed E-state index contributed by atoms with van der Waals surface area (Å²) in [7, 11) is 0. The van der Waals surface area contributed by atoms with Crippen molar-refractivity contribution in [2.24, 2.45) is 0 Å². The summed E-state index contributed by atoms with van der Waals surface area (Å²) in [6.45, 7) is 3.53. The first-order valence-corrected chi connectivity index (χ1v) is 9.90. The van der Waals surface area contributed by atoms with E-state index in [9.17, 15) is 9.59 Å². The fourth-order valence-electron chi connectivity index (χ4n) is 3.76. The molecule has 1 atom stereocenters. The number of carbonyl (C=O) groups excluding carboxylic acids is 1. The van der Waals surface area contributed by atoms with Crippen LogP contribution in [0.25, 0.3) is 11.0 Å². The molecule has 3 heterocycles. The largest absolute Gasteiger partial charge is 0.450 e. The summed E-state index contributed by atoms with van der Waals surface area (Å²) < 4.78 is 11.1. The van der Waals surface area contributed by atoms with Gasteiger partial charge in [0.1, 0.15) is 11.3 Å². The molecule has 0 radical (unpaired) electrons. The Balaban J connectivity index is 1.83. The first-order valence-electron chi connectivity index (χ1n) is 9.14. The summed E-state index contributed by atoms with van der Waals surface area (Å²) >= 11 is 12.3. The summed E-state index contributed by atoms with van der Waals surface area (Å²) in [6, 6.07) is 11.1. The van der Waals surface area contributed by atoms with E-state index in [0.717, 1.165) is 5.56 Å². The fraction of sp³-hybridized carbons (Fsp3) is 0.136. The number of fused-ring (bicyclic) bond motifs is 2. The Kier molecular flexibility index (Phi) is 4.24. The van der Waals surface area contributed by atoms with E-state index in [0.29, 0.717) is 38.2 Å². The van der Waals surface area contributed by atoms with E-state index in [1.165, 1.54) is 4.90 Å². The monoisotopic (exact) mass is 440 g/mol. The minimum atomic E-state index is -0.741. The molecule has 2 aromatic carbocycles. The molecule has 1 aliphatic heterocycles. The highest BCUT2D eigenvalue weighted by atomic mass is 35.5. The maximum atomic E-state index is 13.5. The number of carbonyl (C=O) groups is 1. The Bertz CT molecular complexity index is 1390. The summed E-state index contributed by atoms with van der Waals surface area (Å²) in [5.74, 6) is 0.344. The third-order valence-electron chi connectivity index (χ3n) is 5.20. The molecule has 2 aromatic heterocycles. The van der Waals surface area contributed by atoms with Crippen molar-refractivity contribution in [3.05, 3.63) is 90.9 Å². The van der Waals surface area contributed by atoms with Gasteiger partial charge in [0, 0.05) is 16.1 Å². The lowest BCUT2D eigenvalue weighted by Gasteiger charge is -2.22. The van der Waals surface area contributed by atoms with Crippen molar-refractivity contribution in [3.8, 4) is 0 Å². The molecule has 0 aliphatic carbocycles. The van der Waals surface area contributed by atoms with Crippen molar-refractivity contribution in [2.75, 3.05) is 4.90 Å². The topological polar surface area (TPSA) is 76.6 Å². The molecular formula is C22H14Cl2N2O4. The highest BCUT2D eigenvalue weighted by Crippen LogP contribution is 2.41. The zero-order valence-corrected chi connectivity index (χ0v) is 17.4. The third-order valence-corrected chi connectivity index (χ3v) is 5.86. The lowest BCUT2D eigenvalue weighted by molar-refractivity contribution is 0.0969. The van der Waals surface area contributed by atoms with Crippen molar-refractivity contribution < 1.29 is 13.7 Å². The van der Waals surface area contributed by atoms with Gasteiger partial charge in [0.25, 0.3) is 5.91 Å². The maximum absolute atomic E-state index is 13.5. The van der Waals surface area contributed by atoms with E-state index in [1.54, 1.807) is 56.3 Å². The molecule has 0 saturated heterocycles. The van der Waals surface area contributed by atoms with Gasteiger partial charge in [0.2, 0.25) is 5.76 Å². The molecule has 0 spiro atoms. The predicted molar refractivity (Wildman–Crippen MR) is 114 cm³/mol. The number of hydrogen-bond donors (Lipinski definition) is 0. The van der Waals surface area contributed by atoms with Crippen LogP contribution in [0.4, 0.5) is 5.82 Å². The van der Waals surface area contributed by atoms with Gasteiger partial charge in [-0.05, 0) is 49.2 Å². The van der Waals surface area contributed by atoms with Gasteiger partial charge in [-0.25, -0.2) is 0 Å². The number of nitrogens with zero attached hydrogens (tertiary/aromatic N) is 2. The quantitative estimate of drug-likeness (QED) is 0.413. The fourth-order valence-corrected chi connectivity index (χ4v) is 4.05. The number of aryl methyl sites for hydroxylation is 2. The normalized spacial score (nSPS) is 15.8. The van der Waals surface area contributed by atoms with Crippen LogP contribution in [0, 0.1) is 13.8 Å². The lowest BCUT2D eigenvalue weighted by Crippen LogP contribution is -2.29. The zero-order valence-electron chi connectivity index (χ0n) is 15.9. The standard InChI is InChI=1S/C22H14Cl2N2O4/c1-10-7-16-14(9-15(10)24)20(27)18-19(12-3-5-13(23)6-4-12)26(22(28)21(18)29-16)17-8-11(2)30-25-17/h3-9,19H,1-2H3. The van der Waals surface area contributed by atoms with Gasteiger partial charge in [-0.3, -0.25) is 14.5 Å². The number of rotatable bonds is 2. The van der Waals surface area contributed by atoms with E-state index in [2.05, 4.69) is 5.16 Å². The van der Waals surface area contributed by atoms with E-state index >= 15 is 0 Å².